The molecule has 0 saturated carbocycles. The van der Waals surface area contributed by atoms with Crippen LogP contribution < -0.4 is 11.4 Å². The number of hydrogen-bond donors (Lipinski definition) is 1. The number of nitrogens with two attached hydrogens (primary N) is 1. The Bertz CT molecular complexity index is 557. The van der Waals surface area contributed by atoms with E-state index in [1.165, 1.54) is 16.8 Å². The number of nitrogen functional groups attached to an aromatic ring is 1. The van der Waals surface area contributed by atoms with Crippen molar-refractivity contribution in [3.8, 4) is 0 Å². The van der Waals surface area contributed by atoms with E-state index >= 15 is 0 Å². The highest BCUT2D eigenvalue weighted by atomic mass is 16.7. The van der Waals surface area contributed by atoms with E-state index in [1.807, 2.05) is 13.8 Å². The molecule has 1 aromatic heterocycles. The first-order valence-electron chi connectivity index (χ1n) is 6.73. The molecule has 0 spiro atoms. The van der Waals surface area contributed by atoms with Crippen LogP contribution >= 0.6 is 0 Å². The number of ether oxygens (including phenoxy) is 3. The lowest BCUT2D eigenvalue weighted by Crippen LogP contribution is -2.29. The van der Waals surface area contributed by atoms with E-state index in [-0.39, 0.29) is 30.9 Å². The Balaban J connectivity index is 1.86. The number of aromatic nitrogens is 2. The average molecular weight is 297 g/mol. The molecule has 1 aromatic rings. The molecule has 2 N–H and O–H groups in total. The van der Waals surface area contributed by atoms with E-state index in [2.05, 4.69) is 4.98 Å². The standard InChI is InChI=1S/C13H19N3O5/c1-8(2)5-11(17)19-7-12-20-6-10(21-12)16-4-3-9(14)15-13(16)18/h3-4,8,10,12H,5-7H2,1-2H3,(H2,14,15,18)/t10-,12-/m0/s1. The summed E-state index contributed by atoms with van der Waals surface area (Å²) in [5.74, 6) is 0.0800. The van der Waals surface area contributed by atoms with E-state index in [0.717, 1.165) is 0 Å². The van der Waals surface area contributed by atoms with Crippen LogP contribution in [0.25, 0.3) is 0 Å². The second-order valence-electron chi connectivity index (χ2n) is 5.18. The van der Waals surface area contributed by atoms with Gasteiger partial charge in [-0.05, 0) is 12.0 Å². The Kier molecular flexibility index (Phi) is 4.92. The largest absolute Gasteiger partial charge is 0.460 e. The van der Waals surface area contributed by atoms with Crippen molar-refractivity contribution in [2.24, 2.45) is 5.92 Å². The highest BCUT2D eigenvalue weighted by molar-refractivity contribution is 5.69. The first-order valence-corrected chi connectivity index (χ1v) is 6.73. The number of esters is 1. The number of carbonyl (C=O) groups excluding carboxylic acids is 1. The minimum Gasteiger partial charge on any atom is -0.460 e. The molecule has 2 atom stereocenters. The van der Waals surface area contributed by atoms with E-state index < -0.39 is 18.2 Å². The zero-order chi connectivity index (χ0) is 15.4. The molecule has 0 aliphatic carbocycles. The van der Waals surface area contributed by atoms with Gasteiger partial charge in [-0.3, -0.25) is 9.36 Å². The third-order valence-electron chi connectivity index (χ3n) is 2.85. The normalized spacial score (nSPS) is 21.7. The summed E-state index contributed by atoms with van der Waals surface area (Å²) in [6.07, 6.45) is 0.554. The molecule has 1 saturated heterocycles. The molecule has 2 heterocycles. The summed E-state index contributed by atoms with van der Waals surface area (Å²) >= 11 is 0. The number of hydrogen-bond acceptors (Lipinski definition) is 7. The highest BCUT2D eigenvalue weighted by Crippen LogP contribution is 2.20. The molecule has 1 aliphatic rings. The van der Waals surface area contributed by atoms with E-state index in [1.54, 1.807) is 0 Å². The van der Waals surface area contributed by atoms with E-state index in [9.17, 15) is 9.59 Å². The maximum absolute atomic E-state index is 11.7. The summed E-state index contributed by atoms with van der Waals surface area (Å²) in [7, 11) is 0. The summed E-state index contributed by atoms with van der Waals surface area (Å²) in [6, 6.07) is 1.50. The van der Waals surface area contributed by atoms with Crippen LogP contribution in [0.2, 0.25) is 0 Å². The van der Waals surface area contributed by atoms with Gasteiger partial charge in [0, 0.05) is 12.6 Å². The zero-order valence-corrected chi connectivity index (χ0v) is 12.0. The van der Waals surface area contributed by atoms with Crippen LogP contribution in [-0.4, -0.2) is 35.0 Å². The van der Waals surface area contributed by atoms with Gasteiger partial charge in [0.1, 0.15) is 12.4 Å². The Labute approximate surface area is 121 Å². The first kappa shape index (κ1) is 15.5. The Morgan fingerprint density at radius 3 is 3.05 bits per heavy atom. The van der Waals surface area contributed by atoms with Crippen molar-refractivity contribution in [1.29, 1.82) is 0 Å². The van der Waals surface area contributed by atoms with Crippen molar-refractivity contribution in [2.45, 2.75) is 32.8 Å². The number of nitrogens with zero attached hydrogens (tertiary/aromatic N) is 2. The molecule has 0 bridgehead atoms. The summed E-state index contributed by atoms with van der Waals surface area (Å²) in [4.78, 5) is 26.7. The third kappa shape index (κ3) is 4.27. The number of anilines is 1. The quantitative estimate of drug-likeness (QED) is 0.778. The van der Waals surface area contributed by atoms with Crippen molar-refractivity contribution in [3.63, 3.8) is 0 Å². The smallest absolute Gasteiger partial charge is 0.351 e. The Morgan fingerprint density at radius 2 is 2.38 bits per heavy atom. The van der Waals surface area contributed by atoms with Gasteiger partial charge in [0.15, 0.2) is 12.5 Å². The lowest BCUT2D eigenvalue weighted by atomic mass is 10.1. The zero-order valence-electron chi connectivity index (χ0n) is 12.0. The molecule has 2 rings (SSSR count). The summed E-state index contributed by atoms with van der Waals surface area (Å²) in [6.45, 7) is 4.04. The van der Waals surface area contributed by atoms with Gasteiger partial charge in [0.05, 0.1) is 6.61 Å². The lowest BCUT2D eigenvalue weighted by Gasteiger charge is -2.13. The molecule has 8 heteroatoms. The summed E-state index contributed by atoms with van der Waals surface area (Å²) < 4.78 is 17.2. The minimum atomic E-state index is -0.685. The topological polar surface area (TPSA) is 106 Å². The van der Waals surface area contributed by atoms with Crippen molar-refractivity contribution in [2.75, 3.05) is 18.9 Å². The highest BCUT2D eigenvalue weighted by Gasteiger charge is 2.29. The monoisotopic (exact) mass is 297 g/mol. The predicted molar refractivity (Wildman–Crippen MR) is 73.2 cm³/mol. The number of rotatable bonds is 5. The van der Waals surface area contributed by atoms with Crippen LogP contribution in [0.4, 0.5) is 5.82 Å². The van der Waals surface area contributed by atoms with Crippen LogP contribution in [-0.2, 0) is 19.0 Å². The van der Waals surface area contributed by atoms with E-state index in [4.69, 9.17) is 19.9 Å². The molecule has 0 radical (unpaired) electrons. The predicted octanol–water partition coefficient (Wildman–Crippen LogP) is 0.286. The number of carbonyl (C=O) groups is 1. The summed E-state index contributed by atoms with van der Waals surface area (Å²) in [5.41, 5.74) is 4.91. The molecular weight excluding hydrogens is 278 g/mol. The van der Waals surface area contributed by atoms with Crippen LogP contribution in [0, 0.1) is 5.92 Å². The molecule has 0 amide bonds. The van der Waals surface area contributed by atoms with Gasteiger partial charge >= 0.3 is 11.7 Å². The molecule has 8 nitrogen and oxygen atoms in total. The maximum Gasteiger partial charge on any atom is 0.351 e. The van der Waals surface area contributed by atoms with Crippen molar-refractivity contribution in [1.82, 2.24) is 9.55 Å². The fraction of sp³-hybridized carbons (Fsp3) is 0.615. The molecule has 1 fully saturated rings. The molecule has 0 aromatic carbocycles. The minimum absolute atomic E-state index is 0.000789. The van der Waals surface area contributed by atoms with Crippen LogP contribution in [0.15, 0.2) is 17.1 Å². The van der Waals surface area contributed by atoms with Crippen molar-refractivity contribution < 1.29 is 19.0 Å². The van der Waals surface area contributed by atoms with Crippen LogP contribution in [0.1, 0.15) is 26.5 Å². The van der Waals surface area contributed by atoms with Gasteiger partial charge in [-0.25, -0.2) is 4.79 Å². The fourth-order valence-corrected chi connectivity index (χ4v) is 1.87. The van der Waals surface area contributed by atoms with Gasteiger partial charge in [0.25, 0.3) is 0 Å². The molecular formula is C13H19N3O5. The Morgan fingerprint density at radius 1 is 1.62 bits per heavy atom. The SMILES string of the molecule is CC(C)CC(=O)OC[C@H]1OC[C@@H](n2ccc(N)nc2=O)O1. The van der Waals surface area contributed by atoms with Crippen molar-refractivity contribution >= 4 is 11.8 Å². The maximum atomic E-state index is 11.7. The van der Waals surface area contributed by atoms with Gasteiger partial charge in [-0.1, -0.05) is 13.8 Å². The first-order chi connectivity index (χ1) is 9.95. The van der Waals surface area contributed by atoms with Gasteiger partial charge in [-0.15, -0.1) is 0 Å². The van der Waals surface area contributed by atoms with Gasteiger partial charge in [0.2, 0.25) is 0 Å². The van der Waals surface area contributed by atoms with E-state index in [0.29, 0.717) is 6.42 Å². The second-order valence-corrected chi connectivity index (χ2v) is 5.18. The van der Waals surface area contributed by atoms with Gasteiger partial charge in [-0.2, -0.15) is 4.98 Å². The Hall–Kier alpha value is -1.93. The third-order valence-corrected chi connectivity index (χ3v) is 2.85. The molecule has 116 valence electrons. The molecule has 21 heavy (non-hydrogen) atoms. The fourth-order valence-electron chi connectivity index (χ4n) is 1.87. The summed E-state index contributed by atoms with van der Waals surface area (Å²) in [5, 5.41) is 0. The second kappa shape index (κ2) is 6.68. The average Bonchev–Trinajstić information content (AvgIpc) is 2.84. The molecule has 0 unspecified atom stereocenters. The van der Waals surface area contributed by atoms with Crippen LogP contribution in [0.5, 0.6) is 0 Å². The van der Waals surface area contributed by atoms with Gasteiger partial charge < -0.3 is 19.9 Å². The van der Waals surface area contributed by atoms with Crippen molar-refractivity contribution in [3.05, 3.63) is 22.7 Å². The van der Waals surface area contributed by atoms with Crippen LogP contribution in [0.3, 0.4) is 0 Å². The molecule has 1 aliphatic heterocycles. The lowest BCUT2D eigenvalue weighted by molar-refractivity contribution is -0.160.